The molecule has 1 atom stereocenters. The highest BCUT2D eigenvalue weighted by atomic mass is 16.1. The minimum atomic E-state index is 0.0514. The number of rotatable bonds is 6. The topological polar surface area (TPSA) is 34.0 Å². The Balaban J connectivity index is 2.22. The summed E-state index contributed by atoms with van der Waals surface area (Å²) in [5.74, 6) is 0. The van der Waals surface area contributed by atoms with Crippen LogP contribution in [0.1, 0.15) is 36.1 Å². The van der Waals surface area contributed by atoms with E-state index in [4.69, 9.17) is 0 Å². The van der Waals surface area contributed by atoms with Crippen molar-refractivity contribution in [2.75, 3.05) is 6.54 Å². The fourth-order valence-electron chi connectivity index (χ4n) is 2.36. The van der Waals surface area contributed by atoms with Crippen LogP contribution in [0.3, 0.4) is 0 Å². The number of benzene rings is 1. The molecule has 3 heteroatoms. The summed E-state index contributed by atoms with van der Waals surface area (Å²) in [7, 11) is 0. The minimum absolute atomic E-state index is 0.0514. The van der Waals surface area contributed by atoms with Crippen molar-refractivity contribution in [3.8, 4) is 0 Å². The molecule has 0 saturated carbocycles. The Morgan fingerprint density at radius 3 is 2.43 bits per heavy atom. The average Bonchev–Trinajstić information content (AvgIpc) is 2.48. The van der Waals surface area contributed by atoms with Crippen LogP contribution < -0.4 is 10.7 Å². The Morgan fingerprint density at radius 1 is 1.10 bits per heavy atom. The van der Waals surface area contributed by atoms with Gasteiger partial charge in [0.2, 0.25) is 0 Å². The highest BCUT2D eigenvalue weighted by Gasteiger charge is 2.11. The first-order chi connectivity index (χ1) is 10.1. The third-order valence-corrected chi connectivity index (χ3v) is 3.83. The van der Waals surface area contributed by atoms with E-state index in [0.29, 0.717) is 0 Å². The van der Waals surface area contributed by atoms with Crippen molar-refractivity contribution in [2.24, 2.45) is 0 Å². The lowest BCUT2D eigenvalue weighted by Gasteiger charge is -2.21. The largest absolute Gasteiger partial charge is 0.352 e. The number of hydrogen-bond donors (Lipinski definition) is 1. The average molecular weight is 284 g/mol. The van der Waals surface area contributed by atoms with Crippen LogP contribution >= 0.6 is 0 Å². The van der Waals surface area contributed by atoms with Gasteiger partial charge < -0.3 is 9.88 Å². The number of nitrogens with one attached hydrogen (secondary N) is 1. The molecule has 3 nitrogen and oxygen atoms in total. The van der Waals surface area contributed by atoms with Gasteiger partial charge in [-0.3, -0.25) is 4.79 Å². The summed E-state index contributed by atoms with van der Waals surface area (Å²) in [4.78, 5) is 11.2. The Labute approximate surface area is 126 Å². The molecule has 0 aliphatic rings. The van der Waals surface area contributed by atoms with Crippen LogP contribution in [0.4, 0.5) is 0 Å². The van der Waals surface area contributed by atoms with Gasteiger partial charge in [0.25, 0.3) is 0 Å². The standard InChI is InChI=1S/C18H24N2O/c1-4-9-19-18(13-20-10-7-17(21)8-11-20)16-6-5-14(2)15(3)12-16/h5-8,10-12,18-19H,4,9,13H2,1-3H3. The van der Waals surface area contributed by atoms with Crippen molar-refractivity contribution in [1.82, 2.24) is 9.88 Å². The van der Waals surface area contributed by atoms with Crippen LogP contribution in [0.25, 0.3) is 0 Å². The molecule has 1 unspecified atom stereocenters. The summed E-state index contributed by atoms with van der Waals surface area (Å²) in [6, 6.07) is 10.1. The molecular weight excluding hydrogens is 260 g/mol. The van der Waals surface area contributed by atoms with Crippen molar-refractivity contribution < 1.29 is 0 Å². The van der Waals surface area contributed by atoms with E-state index >= 15 is 0 Å². The van der Waals surface area contributed by atoms with E-state index in [1.807, 2.05) is 12.4 Å². The van der Waals surface area contributed by atoms with Gasteiger partial charge in [-0.1, -0.05) is 25.1 Å². The molecule has 0 spiro atoms. The molecule has 21 heavy (non-hydrogen) atoms. The number of aryl methyl sites for hydroxylation is 2. The molecule has 0 aliphatic carbocycles. The Hall–Kier alpha value is -1.87. The normalized spacial score (nSPS) is 12.3. The second kappa shape index (κ2) is 7.23. The molecule has 112 valence electrons. The minimum Gasteiger partial charge on any atom is -0.352 e. The SMILES string of the molecule is CCCNC(Cn1ccc(=O)cc1)c1ccc(C)c(C)c1. The Kier molecular flexibility index (Phi) is 5.34. The lowest BCUT2D eigenvalue weighted by molar-refractivity contribution is 0.461. The predicted molar refractivity (Wildman–Crippen MR) is 87.7 cm³/mol. The fourth-order valence-corrected chi connectivity index (χ4v) is 2.36. The summed E-state index contributed by atoms with van der Waals surface area (Å²) in [6.07, 6.45) is 4.81. The van der Waals surface area contributed by atoms with Crippen molar-refractivity contribution in [3.05, 3.63) is 69.6 Å². The molecule has 0 fully saturated rings. The van der Waals surface area contributed by atoms with Crippen LogP contribution in [-0.2, 0) is 6.54 Å². The summed E-state index contributed by atoms with van der Waals surface area (Å²) in [6.45, 7) is 8.26. The maximum Gasteiger partial charge on any atom is 0.181 e. The van der Waals surface area contributed by atoms with E-state index in [1.54, 1.807) is 12.1 Å². The Bertz CT molecular complexity index is 625. The summed E-state index contributed by atoms with van der Waals surface area (Å²) in [5, 5.41) is 3.60. The molecule has 1 aromatic heterocycles. The predicted octanol–water partition coefficient (Wildman–Crippen LogP) is 3.21. The lowest BCUT2D eigenvalue weighted by atomic mass is 10.0. The molecule has 0 amide bonds. The highest BCUT2D eigenvalue weighted by Crippen LogP contribution is 2.19. The number of pyridine rings is 1. The zero-order chi connectivity index (χ0) is 15.2. The van der Waals surface area contributed by atoms with Crippen molar-refractivity contribution >= 4 is 0 Å². The fraction of sp³-hybridized carbons (Fsp3) is 0.389. The van der Waals surface area contributed by atoms with Gasteiger partial charge in [-0.2, -0.15) is 0 Å². The maximum absolute atomic E-state index is 11.2. The molecule has 0 aliphatic heterocycles. The number of aromatic nitrogens is 1. The van der Waals surface area contributed by atoms with Crippen LogP contribution in [0.5, 0.6) is 0 Å². The smallest absolute Gasteiger partial charge is 0.181 e. The molecule has 0 radical (unpaired) electrons. The maximum atomic E-state index is 11.2. The molecule has 0 bridgehead atoms. The molecule has 1 aromatic carbocycles. The van der Waals surface area contributed by atoms with Gasteiger partial charge in [-0.05, 0) is 43.5 Å². The van der Waals surface area contributed by atoms with Gasteiger partial charge >= 0.3 is 0 Å². The van der Waals surface area contributed by atoms with Crippen molar-refractivity contribution in [1.29, 1.82) is 0 Å². The Morgan fingerprint density at radius 2 is 1.81 bits per heavy atom. The second-order valence-electron chi connectivity index (χ2n) is 5.58. The van der Waals surface area contributed by atoms with Crippen LogP contribution in [-0.4, -0.2) is 11.1 Å². The van der Waals surface area contributed by atoms with Crippen LogP contribution in [0, 0.1) is 13.8 Å². The van der Waals surface area contributed by atoms with Gasteiger partial charge in [0.1, 0.15) is 0 Å². The van der Waals surface area contributed by atoms with Crippen LogP contribution in [0.15, 0.2) is 47.5 Å². The second-order valence-corrected chi connectivity index (χ2v) is 5.58. The first kappa shape index (κ1) is 15.5. The van der Waals surface area contributed by atoms with E-state index in [1.165, 1.54) is 16.7 Å². The first-order valence-corrected chi connectivity index (χ1v) is 7.57. The summed E-state index contributed by atoms with van der Waals surface area (Å²) < 4.78 is 2.06. The summed E-state index contributed by atoms with van der Waals surface area (Å²) in [5.41, 5.74) is 3.98. The molecule has 0 saturated heterocycles. The van der Waals surface area contributed by atoms with Gasteiger partial charge in [-0.25, -0.2) is 0 Å². The van der Waals surface area contributed by atoms with E-state index < -0.39 is 0 Å². The molecular formula is C18H24N2O. The molecule has 2 rings (SSSR count). The monoisotopic (exact) mass is 284 g/mol. The molecule has 1 heterocycles. The quantitative estimate of drug-likeness (QED) is 0.884. The molecule has 1 N–H and O–H groups in total. The summed E-state index contributed by atoms with van der Waals surface area (Å²) >= 11 is 0. The highest BCUT2D eigenvalue weighted by molar-refractivity contribution is 5.31. The first-order valence-electron chi connectivity index (χ1n) is 7.57. The van der Waals surface area contributed by atoms with E-state index in [-0.39, 0.29) is 11.5 Å². The van der Waals surface area contributed by atoms with Gasteiger partial charge in [0.05, 0.1) is 6.04 Å². The zero-order valence-corrected chi connectivity index (χ0v) is 13.1. The van der Waals surface area contributed by atoms with E-state index in [0.717, 1.165) is 19.5 Å². The van der Waals surface area contributed by atoms with E-state index in [2.05, 4.69) is 48.9 Å². The number of nitrogens with zero attached hydrogens (tertiary/aromatic N) is 1. The van der Waals surface area contributed by atoms with E-state index in [9.17, 15) is 4.79 Å². The van der Waals surface area contributed by atoms with Gasteiger partial charge in [0.15, 0.2) is 5.43 Å². The van der Waals surface area contributed by atoms with Crippen molar-refractivity contribution in [3.63, 3.8) is 0 Å². The third kappa shape index (κ3) is 4.30. The van der Waals surface area contributed by atoms with Gasteiger partial charge in [-0.15, -0.1) is 0 Å². The zero-order valence-electron chi connectivity index (χ0n) is 13.1. The van der Waals surface area contributed by atoms with Gasteiger partial charge in [0, 0.05) is 31.1 Å². The third-order valence-electron chi connectivity index (χ3n) is 3.83. The lowest BCUT2D eigenvalue weighted by Crippen LogP contribution is -2.26. The number of hydrogen-bond acceptors (Lipinski definition) is 2. The van der Waals surface area contributed by atoms with Crippen molar-refractivity contribution in [2.45, 2.75) is 39.8 Å². The molecule has 2 aromatic rings. The van der Waals surface area contributed by atoms with Crippen LogP contribution in [0.2, 0.25) is 0 Å².